The third-order valence-corrected chi connectivity index (χ3v) is 11.9. The van der Waals surface area contributed by atoms with Crippen molar-refractivity contribution in [2.24, 2.45) is 0 Å². The molecule has 3 heterocycles. The summed E-state index contributed by atoms with van der Waals surface area (Å²) < 4.78 is 0. The monoisotopic (exact) mass is 777 g/mol. The van der Waals surface area contributed by atoms with Gasteiger partial charge in [-0.3, -0.25) is 4.98 Å². The fourth-order valence-corrected chi connectivity index (χ4v) is 8.92. The van der Waals surface area contributed by atoms with Gasteiger partial charge in [-0.05, 0) is 76.2 Å². The number of rotatable bonds is 10. The lowest BCUT2D eigenvalue weighted by Gasteiger charge is -2.33. The summed E-state index contributed by atoms with van der Waals surface area (Å²) >= 11 is 1.82. The Balaban J connectivity index is 1.10. The second-order valence-corrected chi connectivity index (χ2v) is 15.7. The molecule has 0 bridgehead atoms. The first kappa shape index (κ1) is 36.2. The Kier molecular flexibility index (Phi) is 10.0. The van der Waals surface area contributed by atoms with Crippen LogP contribution in [-0.4, -0.2) is 19.9 Å². The first-order valence-electron chi connectivity index (χ1n) is 20.0. The smallest absolute Gasteiger partial charge is 0.163 e. The number of nitrogens with zero attached hydrogens (tertiary/aromatic N) is 5. The van der Waals surface area contributed by atoms with Crippen molar-refractivity contribution >= 4 is 23.1 Å². The van der Waals surface area contributed by atoms with Crippen LogP contribution in [0, 0.1) is 0 Å². The maximum absolute atomic E-state index is 5.37. The Hall–Kier alpha value is -7.15. The zero-order valence-electron chi connectivity index (χ0n) is 32.3. The predicted molar refractivity (Wildman–Crippen MR) is 242 cm³/mol. The van der Waals surface area contributed by atoms with Gasteiger partial charge in [0.15, 0.2) is 11.6 Å². The predicted octanol–water partition coefficient (Wildman–Crippen LogP) is 13.2. The lowest BCUT2D eigenvalue weighted by Crippen LogP contribution is -2.22. The van der Waals surface area contributed by atoms with E-state index >= 15 is 0 Å². The van der Waals surface area contributed by atoms with E-state index in [4.69, 9.17) is 19.9 Å². The van der Waals surface area contributed by atoms with Gasteiger partial charge in [0.25, 0.3) is 0 Å². The summed E-state index contributed by atoms with van der Waals surface area (Å²) in [7, 11) is 0. The molecule has 282 valence electrons. The Labute approximate surface area is 349 Å². The summed E-state index contributed by atoms with van der Waals surface area (Å²) in [4.78, 5) is 25.4. The summed E-state index contributed by atoms with van der Waals surface area (Å²) in [5.74, 6) is 2.09. The van der Waals surface area contributed by atoms with E-state index in [2.05, 4.69) is 169 Å². The Morgan fingerprint density at radius 2 is 0.932 bits per heavy atom. The molecule has 5 nitrogen and oxygen atoms in total. The molecule has 0 saturated heterocycles. The van der Waals surface area contributed by atoms with Gasteiger partial charge in [-0.1, -0.05) is 169 Å². The van der Waals surface area contributed by atoms with Crippen LogP contribution in [0.3, 0.4) is 0 Å². The highest BCUT2D eigenvalue weighted by molar-refractivity contribution is 7.99. The second-order valence-electron chi connectivity index (χ2n) is 14.6. The van der Waals surface area contributed by atoms with Crippen LogP contribution in [0.5, 0.6) is 0 Å². The normalized spacial score (nSPS) is 11.8. The third kappa shape index (κ3) is 7.66. The van der Waals surface area contributed by atoms with E-state index in [1.807, 2.05) is 48.2 Å². The molecule has 0 radical (unpaired) electrons. The SMILES string of the molecule is c1ccc(-c2ccc(-c3ccccc3)c(-c3cnc(CN4c5ccccc5Sc5ccccc54)c(CCc4nc(-c5ccccc5)nc(-c5ccccc5)n4)c3)c2)cc1. The van der Waals surface area contributed by atoms with Gasteiger partial charge in [0, 0.05) is 39.1 Å². The molecule has 2 aromatic heterocycles. The van der Waals surface area contributed by atoms with Crippen molar-refractivity contribution in [1.82, 2.24) is 19.9 Å². The van der Waals surface area contributed by atoms with Gasteiger partial charge in [-0.2, -0.15) is 0 Å². The molecular formula is C53H39N5S. The number of hydrogen-bond acceptors (Lipinski definition) is 6. The summed E-state index contributed by atoms with van der Waals surface area (Å²) in [6.07, 6.45) is 3.36. The van der Waals surface area contributed by atoms with E-state index in [1.165, 1.54) is 37.9 Å². The summed E-state index contributed by atoms with van der Waals surface area (Å²) in [5, 5.41) is 0. The highest BCUT2D eigenvalue weighted by Crippen LogP contribution is 2.48. The number of pyridine rings is 1. The number of aryl methyl sites for hydroxylation is 2. The number of aromatic nitrogens is 4. The molecule has 10 rings (SSSR count). The second kappa shape index (κ2) is 16.4. The van der Waals surface area contributed by atoms with E-state index in [0.717, 1.165) is 44.9 Å². The van der Waals surface area contributed by atoms with E-state index in [1.54, 1.807) is 0 Å². The van der Waals surface area contributed by atoms with E-state index < -0.39 is 0 Å². The van der Waals surface area contributed by atoms with Gasteiger partial charge in [0.1, 0.15) is 5.82 Å². The van der Waals surface area contributed by atoms with Crippen LogP contribution < -0.4 is 4.90 Å². The van der Waals surface area contributed by atoms with Gasteiger partial charge in [-0.15, -0.1) is 0 Å². The maximum Gasteiger partial charge on any atom is 0.163 e. The number of anilines is 2. The molecule has 0 spiro atoms. The molecule has 59 heavy (non-hydrogen) atoms. The molecule has 0 saturated carbocycles. The van der Waals surface area contributed by atoms with Gasteiger partial charge < -0.3 is 4.90 Å². The highest BCUT2D eigenvalue weighted by Gasteiger charge is 2.25. The number of fused-ring (bicyclic) bond motifs is 2. The molecule has 6 heteroatoms. The van der Waals surface area contributed by atoms with Crippen molar-refractivity contribution in [1.29, 1.82) is 0 Å². The molecule has 0 unspecified atom stereocenters. The van der Waals surface area contributed by atoms with Crippen LogP contribution in [0.4, 0.5) is 11.4 Å². The van der Waals surface area contributed by atoms with Crippen LogP contribution in [-0.2, 0) is 19.4 Å². The minimum atomic E-state index is 0.610. The van der Waals surface area contributed by atoms with E-state index in [0.29, 0.717) is 31.0 Å². The first-order chi connectivity index (χ1) is 29.2. The lowest BCUT2D eigenvalue weighted by molar-refractivity contribution is 0.812. The standard InChI is InChI=1S/C53H39N5S/c1-5-17-37(18-6-1)41-29-31-44(38-19-7-2-8-20-38)45(34-41)43-33-42(46(54-35-43)36-58-47-25-13-15-27-49(47)59-50-28-16-14-26-48(50)58)30-32-51-55-52(39-21-9-3-10-22-39)57-53(56-51)40-23-11-4-12-24-40/h1-29,31,33-35H,30,32,36H2. The molecule has 1 aliphatic rings. The zero-order valence-corrected chi connectivity index (χ0v) is 33.1. The van der Waals surface area contributed by atoms with Gasteiger partial charge in [0.2, 0.25) is 0 Å². The van der Waals surface area contributed by atoms with Crippen LogP contribution in [0.15, 0.2) is 210 Å². The molecule has 7 aromatic carbocycles. The average molecular weight is 778 g/mol. The highest BCUT2D eigenvalue weighted by atomic mass is 32.2. The zero-order chi connectivity index (χ0) is 39.4. The maximum atomic E-state index is 5.37. The molecule has 0 fully saturated rings. The third-order valence-electron chi connectivity index (χ3n) is 10.8. The Morgan fingerprint density at radius 3 is 1.53 bits per heavy atom. The number of hydrogen-bond donors (Lipinski definition) is 0. The molecule has 0 N–H and O–H groups in total. The van der Waals surface area contributed by atoms with Crippen molar-refractivity contribution < 1.29 is 0 Å². The molecule has 1 aliphatic heterocycles. The number of para-hydroxylation sites is 2. The van der Waals surface area contributed by atoms with Gasteiger partial charge in [0.05, 0.1) is 23.6 Å². The molecular weight excluding hydrogens is 739 g/mol. The average Bonchev–Trinajstić information content (AvgIpc) is 3.32. The van der Waals surface area contributed by atoms with E-state index in [-0.39, 0.29) is 0 Å². The molecule has 0 aliphatic carbocycles. The fourth-order valence-electron chi connectivity index (χ4n) is 7.82. The molecule has 9 aromatic rings. The van der Waals surface area contributed by atoms with E-state index in [9.17, 15) is 0 Å². The molecule has 0 atom stereocenters. The quantitative estimate of drug-likeness (QED) is 0.138. The summed E-state index contributed by atoms with van der Waals surface area (Å²) in [6, 6.07) is 68.1. The van der Waals surface area contributed by atoms with Crippen LogP contribution in [0.25, 0.3) is 56.2 Å². The van der Waals surface area contributed by atoms with Crippen molar-refractivity contribution in [2.75, 3.05) is 4.90 Å². The minimum absolute atomic E-state index is 0.610. The Morgan fingerprint density at radius 1 is 0.407 bits per heavy atom. The molecule has 0 amide bonds. The topological polar surface area (TPSA) is 54.8 Å². The lowest BCUT2D eigenvalue weighted by atomic mass is 9.90. The van der Waals surface area contributed by atoms with Crippen molar-refractivity contribution in [3.05, 3.63) is 217 Å². The van der Waals surface area contributed by atoms with Crippen LogP contribution in [0.2, 0.25) is 0 Å². The minimum Gasteiger partial charge on any atom is -0.334 e. The van der Waals surface area contributed by atoms with Crippen molar-refractivity contribution in [3.8, 4) is 56.2 Å². The summed E-state index contributed by atoms with van der Waals surface area (Å²) in [6.45, 7) is 0.613. The van der Waals surface area contributed by atoms with Crippen molar-refractivity contribution in [3.63, 3.8) is 0 Å². The van der Waals surface area contributed by atoms with Crippen molar-refractivity contribution in [2.45, 2.75) is 29.2 Å². The largest absolute Gasteiger partial charge is 0.334 e. The summed E-state index contributed by atoms with van der Waals surface area (Å²) in [5.41, 5.74) is 13.4. The van der Waals surface area contributed by atoms with Gasteiger partial charge in [-0.25, -0.2) is 15.0 Å². The Bertz CT molecular complexity index is 2780. The van der Waals surface area contributed by atoms with Gasteiger partial charge >= 0.3 is 0 Å². The fraction of sp³-hybridized carbons (Fsp3) is 0.0566. The van der Waals surface area contributed by atoms with Crippen LogP contribution >= 0.6 is 11.8 Å². The van der Waals surface area contributed by atoms with Crippen LogP contribution in [0.1, 0.15) is 17.1 Å². The number of benzene rings is 7. The first-order valence-corrected chi connectivity index (χ1v) is 20.8.